The number of piperidine rings is 1. The molecule has 1 aromatic carbocycles. The molecule has 7 nitrogen and oxygen atoms in total. The van der Waals surface area contributed by atoms with E-state index in [0.29, 0.717) is 6.42 Å². The van der Waals surface area contributed by atoms with Crippen LogP contribution in [0, 0.1) is 5.82 Å². The monoisotopic (exact) mass is 480 g/mol. The lowest BCUT2D eigenvalue weighted by Gasteiger charge is -2.35. The summed E-state index contributed by atoms with van der Waals surface area (Å²) >= 11 is 0. The quantitative estimate of drug-likeness (QED) is 0.667. The number of likely N-dealkylation sites (tertiary alicyclic amines) is 1. The number of carbonyl (C=O) groups is 2. The lowest BCUT2D eigenvalue weighted by molar-refractivity contribution is -0.0118. The van der Waals surface area contributed by atoms with Crippen LogP contribution in [0.2, 0.25) is 0 Å². The molecule has 2 aliphatic heterocycles. The number of benzene rings is 1. The third-order valence-corrected chi connectivity index (χ3v) is 6.74. The van der Waals surface area contributed by atoms with Gasteiger partial charge in [0.05, 0.1) is 23.8 Å². The summed E-state index contributed by atoms with van der Waals surface area (Å²) in [6.07, 6.45) is -1.14. The molecule has 0 bridgehead atoms. The number of nitrogens with zero attached hydrogens (tertiary/aromatic N) is 1. The largest absolute Gasteiger partial charge is 0.497 e. The molecule has 10 heteroatoms. The fourth-order valence-corrected chi connectivity index (χ4v) is 4.10. The van der Waals surface area contributed by atoms with Crippen molar-refractivity contribution in [1.29, 1.82) is 0 Å². The third kappa shape index (κ3) is 5.54. The first-order valence-electron chi connectivity index (χ1n) is 11.7. The second kappa shape index (κ2) is 9.45. The summed E-state index contributed by atoms with van der Waals surface area (Å²) < 4.78 is 46.9. The standard InChI is InChI=1S/C24H35BF2N2O5/c1-8-24(7)23(5,6)33-25(34-24)16-10-9-15(13-17(16)26)20(30)28-19-11-12-29(14-18(19)27)21(31)32-22(2,3)4/h9-10,13,18-19H,8,11-12,14H2,1-7H3,(H,28,30). The molecular formula is C24H35BF2N2O5. The first kappa shape index (κ1) is 26.4. The third-order valence-electron chi connectivity index (χ3n) is 6.74. The van der Waals surface area contributed by atoms with E-state index in [1.807, 2.05) is 27.7 Å². The van der Waals surface area contributed by atoms with Gasteiger partial charge >= 0.3 is 13.2 Å². The molecule has 1 aromatic rings. The molecule has 2 heterocycles. The highest BCUT2D eigenvalue weighted by molar-refractivity contribution is 6.62. The zero-order valence-corrected chi connectivity index (χ0v) is 21.0. The molecule has 2 aliphatic rings. The predicted molar refractivity (Wildman–Crippen MR) is 125 cm³/mol. The molecule has 0 radical (unpaired) electrons. The summed E-state index contributed by atoms with van der Waals surface area (Å²) in [6.45, 7) is 13.0. The van der Waals surface area contributed by atoms with Gasteiger partial charge in [-0.3, -0.25) is 4.79 Å². The van der Waals surface area contributed by atoms with E-state index in [1.54, 1.807) is 20.8 Å². The van der Waals surface area contributed by atoms with E-state index in [9.17, 15) is 18.4 Å². The lowest BCUT2D eigenvalue weighted by Crippen LogP contribution is -2.54. The van der Waals surface area contributed by atoms with Crippen LogP contribution >= 0.6 is 0 Å². The van der Waals surface area contributed by atoms with Crippen molar-refractivity contribution in [2.45, 2.75) is 90.3 Å². The van der Waals surface area contributed by atoms with Crippen LogP contribution in [0.4, 0.5) is 13.6 Å². The molecule has 3 unspecified atom stereocenters. The number of amides is 2. The number of nitrogens with one attached hydrogen (secondary N) is 1. The molecule has 3 rings (SSSR count). The second-order valence-corrected chi connectivity index (χ2v) is 10.7. The molecular weight excluding hydrogens is 445 g/mol. The highest BCUT2D eigenvalue weighted by Crippen LogP contribution is 2.39. The maximum atomic E-state index is 14.9. The molecule has 0 aliphatic carbocycles. The molecule has 0 saturated carbocycles. The topological polar surface area (TPSA) is 77.1 Å². The van der Waals surface area contributed by atoms with Crippen molar-refractivity contribution in [3.8, 4) is 0 Å². The summed E-state index contributed by atoms with van der Waals surface area (Å²) in [4.78, 5) is 26.2. The van der Waals surface area contributed by atoms with Gasteiger partial charge in [0, 0.05) is 17.6 Å². The molecule has 0 spiro atoms. The Balaban J connectivity index is 1.62. The van der Waals surface area contributed by atoms with Crippen LogP contribution in [-0.4, -0.2) is 66.1 Å². The Morgan fingerprint density at radius 3 is 2.47 bits per heavy atom. The zero-order valence-electron chi connectivity index (χ0n) is 21.0. The van der Waals surface area contributed by atoms with Crippen LogP contribution in [-0.2, 0) is 14.0 Å². The van der Waals surface area contributed by atoms with Crippen LogP contribution in [0.1, 0.15) is 71.7 Å². The molecule has 1 N–H and O–H groups in total. The van der Waals surface area contributed by atoms with Crippen LogP contribution < -0.4 is 10.8 Å². The number of ether oxygens (including phenoxy) is 1. The molecule has 34 heavy (non-hydrogen) atoms. The van der Waals surface area contributed by atoms with Gasteiger partial charge in [0.25, 0.3) is 5.91 Å². The summed E-state index contributed by atoms with van der Waals surface area (Å²) in [5.41, 5.74) is -1.60. The van der Waals surface area contributed by atoms with Gasteiger partial charge in [0.1, 0.15) is 17.6 Å². The van der Waals surface area contributed by atoms with Crippen molar-refractivity contribution in [1.82, 2.24) is 10.2 Å². The lowest BCUT2D eigenvalue weighted by atomic mass is 9.78. The maximum absolute atomic E-state index is 14.9. The van der Waals surface area contributed by atoms with Crippen molar-refractivity contribution < 1.29 is 32.4 Å². The summed E-state index contributed by atoms with van der Waals surface area (Å²) in [7, 11) is -0.885. The van der Waals surface area contributed by atoms with Crippen LogP contribution in [0.3, 0.4) is 0 Å². The Kier molecular flexibility index (Phi) is 7.34. The molecule has 3 atom stereocenters. The molecule has 2 fully saturated rings. The van der Waals surface area contributed by atoms with Gasteiger partial charge in [-0.1, -0.05) is 13.0 Å². The van der Waals surface area contributed by atoms with Crippen molar-refractivity contribution in [3.05, 3.63) is 29.6 Å². The number of alkyl halides is 1. The van der Waals surface area contributed by atoms with E-state index in [-0.39, 0.29) is 30.5 Å². The predicted octanol–water partition coefficient (Wildman–Crippen LogP) is 3.59. The van der Waals surface area contributed by atoms with Gasteiger partial charge in [-0.15, -0.1) is 0 Å². The number of hydrogen-bond donors (Lipinski definition) is 1. The second-order valence-electron chi connectivity index (χ2n) is 10.7. The Morgan fingerprint density at radius 2 is 1.94 bits per heavy atom. The smallest absolute Gasteiger partial charge is 0.444 e. The minimum absolute atomic E-state index is 0.0681. The van der Waals surface area contributed by atoms with Crippen molar-refractivity contribution in [3.63, 3.8) is 0 Å². The first-order chi connectivity index (χ1) is 15.7. The number of hydrogen-bond acceptors (Lipinski definition) is 5. The van der Waals surface area contributed by atoms with Gasteiger partial charge in [-0.25, -0.2) is 13.6 Å². The van der Waals surface area contributed by atoms with Crippen LogP contribution in [0.25, 0.3) is 0 Å². The van der Waals surface area contributed by atoms with E-state index < -0.39 is 54.0 Å². The SMILES string of the molecule is CCC1(C)OB(c2ccc(C(=O)NC3CCN(C(=O)OC(C)(C)C)CC3F)cc2F)OC1(C)C. The van der Waals surface area contributed by atoms with Crippen LogP contribution in [0.5, 0.6) is 0 Å². The van der Waals surface area contributed by atoms with Gasteiger partial charge in [0.2, 0.25) is 0 Å². The minimum atomic E-state index is -1.47. The average molecular weight is 480 g/mol. The number of halogens is 2. The fraction of sp³-hybridized carbons (Fsp3) is 0.667. The Hall–Kier alpha value is -2.20. The van der Waals surface area contributed by atoms with Crippen LogP contribution in [0.15, 0.2) is 18.2 Å². The van der Waals surface area contributed by atoms with Gasteiger partial charge in [-0.05, 0) is 66.5 Å². The first-order valence-corrected chi connectivity index (χ1v) is 11.7. The van der Waals surface area contributed by atoms with Crippen molar-refractivity contribution >= 4 is 24.6 Å². The minimum Gasteiger partial charge on any atom is -0.444 e. The molecule has 2 saturated heterocycles. The molecule has 0 aromatic heterocycles. The van der Waals surface area contributed by atoms with E-state index in [0.717, 1.165) is 6.07 Å². The Bertz CT molecular complexity index is 938. The maximum Gasteiger partial charge on any atom is 0.497 e. The van der Waals surface area contributed by atoms with E-state index in [4.69, 9.17) is 14.0 Å². The van der Waals surface area contributed by atoms with Gasteiger partial charge in [-0.2, -0.15) is 0 Å². The Labute approximate surface area is 200 Å². The molecule has 188 valence electrons. The van der Waals surface area contributed by atoms with E-state index >= 15 is 0 Å². The normalized spacial score (nSPS) is 27.0. The van der Waals surface area contributed by atoms with Gasteiger partial charge in [0.15, 0.2) is 0 Å². The number of carbonyl (C=O) groups excluding carboxylic acids is 2. The summed E-state index contributed by atoms with van der Waals surface area (Å²) in [5, 5.41) is 2.62. The summed E-state index contributed by atoms with van der Waals surface area (Å²) in [5.74, 6) is -1.22. The van der Waals surface area contributed by atoms with E-state index in [2.05, 4.69) is 5.32 Å². The van der Waals surface area contributed by atoms with Gasteiger partial charge < -0.3 is 24.3 Å². The van der Waals surface area contributed by atoms with Crippen molar-refractivity contribution in [2.75, 3.05) is 13.1 Å². The fourth-order valence-electron chi connectivity index (χ4n) is 4.10. The molecule has 2 amide bonds. The highest BCUT2D eigenvalue weighted by atomic mass is 19.1. The number of rotatable bonds is 4. The zero-order chi connectivity index (χ0) is 25.5. The average Bonchev–Trinajstić information content (AvgIpc) is 2.97. The highest BCUT2D eigenvalue weighted by Gasteiger charge is 2.54. The van der Waals surface area contributed by atoms with Crippen molar-refractivity contribution in [2.24, 2.45) is 0 Å². The Morgan fingerprint density at radius 1 is 1.26 bits per heavy atom. The van der Waals surface area contributed by atoms with E-state index in [1.165, 1.54) is 17.0 Å². The summed E-state index contributed by atoms with van der Waals surface area (Å²) in [6, 6.07) is 3.25.